The number of hydrogen-bond acceptors (Lipinski definition) is 3. The van der Waals surface area contributed by atoms with Gasteiger partial charge in [0.15, 0.2) is 0 Å². The van der Waals surface area contributed by atoms with Gasteiger partial charge in [-0.15, -0.1) is 0 Å². The number of carbonyl (C=O) groups excluding carboxylic acids is 1. The third-order valence-electron chi connectivity index (χ3n) is 2.22. The predicted octanol–water partition coefficient (Wildman–Crippen LogP) is 2.61. The number of allylic oxidation sites excluding steroid dienone is 1. The second kappa shape index (κ2) is 8.33. The van der Waals surface area contributed by atoms with Crippen molar-refractivity contribution in [2.45, 2.75) is 46.5 Å². The summed E-state index contributed by atoms with van der Waals surface area (Å²) in [5.41, 5.74) is 6.36. The number of rotatable bonds is 7. The molecule has 0 aromatic rings. The van der Waals surface area contributed by atoms with Gasteiger partial charge >= 0.3 is 5.97 Å². The molecule has 0 unspecified atom stereocenters. The Hall–Kier alpha value is -0.990. The smallest absolute Gasteiger partial charge is 0.332 e. The molecule has 0 aliphatic heterocycles. The zero-order chi connectivity index (χ0) is 11.7. The first-order chi connectivity index (χ1) is 7.10. The van der Waals surface area contributed by atoms with Gasteiger partial charge in [-0.05, 0) is 19.3 Å². The summed E-state index contributed by atoms with van der Waals surface area (Å²) in [5.74, 6) is 0.202. The fourth-order valence-corrected chi connectivity index (χ4v) is 1.45. The Balaban J connectivity index is 3.89. The van der Waals surface area contributed by atoms with E-state index < -0.39 is 0 Å². The molecule has 0 aliphatic rings. The summed E-state index contributed by atoms with van der Waals surface area (Å²) in [7, 11) is 0. The van der Waals surface area contributed by atoms with Crippen LogP contribution < -0.4 is 5.73 Å². The summed E-state index contributed by atoms with van der Waals surface area (Å²) >= 11 is 0. The summed E-state index contributed by atoms with van der Waals surface area (Å²) in [6.45, 7) is 6.51. The molecule has 0 aromatic heterocycles. The van der Waals surface area contributed by atoms with E-state index in [4.69, 9.17) is 10.5 Å². The van der Waals surface area contributed by atoms with Crippen LogP contribution in [-0.2, 0) is 9.53 Å². The largest absolute Gasteiger partial charge is 0.463 e. The van der Waals surface area contributed by atoms with Crippen molar-refractivity contribution >= 4 is 5.97 Å². The Labute approximate surface area is 92.7 Å². The maximum Gasteiger partial charge on any atom is 0.332 e. The molecule has 0 fully saturated rings. The molecule has 88 valence electrons. The fourth-order valence-electron chi connectivity index (χ4n) is 1.45. The topological polar surface area (TPSA) is 52.3 Å². The predicted molar refractivity (Wildman–Crippen MR) is 62.2 cm³/mol. The van der Waals surface area contributed by atoms with Gasteiger partial charge in [0.1, 0.15) is 0 Å². The average molecular weight is 213 g/mol. The summed E-state index contributed by atoms with van der Waals surface area (Å²) < 4.78 is 4.78. The second-order valence-corrected chi connectivity index (χ2v) is 3.92. The van der Waals surface area contributed by atoms with Gasteiger partial charge in [-0.25, -0.2) is 4.79 Å². The lowest BCUT2D eigenvalue weighted by Crippen LogP contribution is -2.09. The monoisotopic (exact) mass is 213 g/mol. The van der Waals surface area contributed by atoms with Crippen molar-refractivity contribution in [3.8, 4) is 0 Å². The van der Waals surface area contributed by atoms with Crippen LogP contribution in [0.5, 0.6) is 0 Å². The molecule has 15 heavy (non-hydrogen) atoms. The molecule has 3 heteroatoms. The van der Waals surface area contributed by atoms with Crippen LogP contribution >= 0.6 is 0 Å². The van der Waals surface area contributed by atoms with E-state index in [1.807, 2.05) is 0 Å². The highest BCUT2D eigenvalue weighted by molar-refractivity contribution is 5.82. The standard InChI is InChI=1S/C12H23NO2/c1-4-6-7-10(3)8-11(13)9-12(14)15-5-2/h9-10H,4-8,13H2,1-3H3/b11-9-/t10-/m1/s1. The number of nitrogens with two attached hydrogens (primary N) is 1. The summed E-state index contributed by atoms with van der Waals surface area (Å²) in [6, 6.07) is 0. The molecule has 1 atom stereocenters. The lowest BCUT2D eigenvalue weighted by Gasteiger charge is -2.10. The lowest BCUT2D eigenvalue weighted by molar-refractivity contribution is -0.137. The zero-order valence-corrected chi connectivity index (χ0v) is 10.1. The fraction of sp³-hybridized carbons (Fsp3) is 0.750. The maximum atomic E-state index is 11.1. The molecule has 0 heterocycles. The van der Waals surface area contributed by atoms with Crippen molar-refractivity contribution in [1.29, 1.82) is 0 Å². The number of ether oxygens (including phenoxy) is 1. The molecule has 0 amide bonds. The average Bonchev–Trinajstić information content (AvgIpc) is 2.14. The third-order valence-corrected chi connectivity index (χ3v) is 2.22. The van der Waals surface area contributed by atoms with Crippen molar-refractivity contribution in [3.63, 3.8) is 0 Å². The highest BCUT2D eigenvalue weighted by atomic mass is 16.5. The molecule has 0 saturated carbocycles. The molecule has 0 saturated heterocycles. The van der Waals surface area contributed by atoms with Crippen molar-refractivity contribution in [1.82, 2.24) is 0 Å². The molecule has 3 nitrogen and oxygen atoms in total. The van der Waals surface area contributed by atoms with Crippen LogP contribution in [0.15, 0.2) is 11.8 Å². The molecule has 2 N–H and O–H groups in total. The third kappa shape index (κ3) is 8.03. The van der Waals surface area contributed by atoms with E-state index in [0.29, 0.717) is 18.2 Å². The minimum atomic E-state index is -0.335. The van der Waals surface area contributed by atoms with Gasteiger partial charge < -0.3 is 10.5 Å². The highest BCUT2D eigenvalue weighted by Crippen LogP contribution is 2.14. The van der Waals surface area contributed by atoms with Gasteiger partial charge in [0.2, 0.25) is 0 Å². The zero-order valence-electron chi connectivity index (χ0n) is 10.1. The molecule has 0 radical (unpaired) electrons. The van der Waals surface area contributed by atoms with E-state index >= 15 is 0 Å². The Morgan fingerprint density at radius 2 is 2.13 bits per heavy atom. The van der Waals surface area contributed by atoms with Crippen LogP contribution in [0, 0.1) is 5.92 Å². The minimum absolute atomic E-state index is 0.335. The van der Waals surface area contributed by atoms with E-state index in [9.17, 15) is 4.79 Å². The molecule has 0 aliphatic carbocycles. The Bertz CT molecular complexity index is 212. The van der Waals surface area contributed by atoms with Crippen LogP contribution in [0.1, 0.15) is 46.5 Å². The van der Waals surface area contributed by atoms with E-state index in [0.717, 1.165) is 12.8 Å². The highest BCUT2D eigenvalue weighted by Gasteiger charge is 2.05. The molecule has 0 aromatic carbocycles. The van der Waals surface area contributed by atoms with Crippen LogP contribution in [0.2, 0.25) is 0 Å². The Kier molecular flexibility index (Phi) is 7.78. The molecule has 0 bridgehead atoms. The van der Waals surface area contributed by atoms with E-state index in [1.165, 1.54) is 18.9 Å². The molecular weight excluding hydrogens is 190 g/mol. The van der Waals surface area contributed by atoms with Gasteiger partial charge in [-0.1, -0.05) is 33.1 Å². The number of carbonyl (C=O) groups is 1. The Morgan fingerprint density at radius 1 is 1.47 bits per heavy atom. The van der Waals surface area contributed by atoms with Crippen LogP contribution in [0.3, 0.4) is 0 Å². The van der Waals surface area contributed by atoms with Crippen LogP contribution in [0.4, 0.5) is 0 Å². The molecule has 0 spiro atoms. The summed E-state index contributed by atoms with van der Waals surface area (Å²) in [6.07, 6.45) is 5.75. The van der Waals surface area contributed by atoms with Crippen molar-refractivity contribution in [3.05, 3.63) is 11.8 Å². The van der Waals surface area contributed by atoms with Gasteiger partial charge in [0.25, 0.3) is 0 Å². The van der Waals surface area contributed by atoms with Gasteiger partial charge in [0.05, 0.1) is 6.61 Å². The minimum Gasteiger partial charge on any atom is -0.463 e. The normalized spacial score (nSPS) is 13.7. The van der Waals surface area contributed by atoms with Crippen molar-refractivity contribution in [2.75, 3.05) is 6.61 Å². The molecular formula is C12H23NO2. The summed E-state index contributed by atoms with van der Waals surface area (Å²) in [4.78, 5) is 11.1. The van der Waals surface area contributed by atoms with Gasteiger partial charge in [-0.3, -0.25) is 0 Å². The number of unbranched alkanes of at least 4 members (excludes halogenated alkanes) is 1. The van der Waals surface area contributed by atoms with Crippen LogP contribution in [0.25, 0.3) is 0 Å². The van der Waals surface area contributed by atoms with Gasteiger partial charge in [0, 0.05) is 11.8 Å². The van der Waals surface area contributed by atoms with Gasteiger partial charge in [-0.2, -0.15) is 0 Å². The second-order valence-electron chi connectivity index (χ2n) is 3.92. The van der Waals surface area contributed by atoms with Crippen molar-refractivity contribution < 1.29 is 9.53 Å². The van der Waals surface area contributed by atoms with Crippen LogP contribution in [-0.4, -0.2) is 12.6 Å². The number of hydrogen-bond donors (Lipinski definition) is 1. The van der Waals surface area contributed by atoms with E-state index in [-0.39, 0.29) is 5.97 Å². The SMILES string of the molecule is CCCC[C@@H](C)C/C(N)=C/C(=O)OCC. The maximum absolute atomic E-state index is 11.1. The first kappa shape index (κ1) is 14.0. The Morgan fingerprint density at radius 3 is 2.67 bits per heavy atom. The first-order valence-corrected chi connectivity index (χ1v) is 5.72. The lowest BCUT2D eigenvalue weighted by atomic mass is 9.99. The van der Waals surface area contributed by atoms with Crippen molar-refractivity contribution in [2.24, 2.45) is 11.7 Å². The quantitative estimate of drug-likeness (QED) is 0.522. The molecule has 0 rings (SSSR count). The first-order valence-electron chi connectivity index (χ1n) is 5.72. The number of esters is 1. The summed E-state index contributed by atoms with van der Waals surface area (Å²) in [5, 5.41) is 0. The van der Waals surface area contributed by atoms with E-state index in [2.05, 4.69) is 13.8 Å². The van der Waals surface area contributed by atoms with E-state index in [1.54, 1.807) is 6.92 Å².